The topological polar surface area (TPSA) is 79.3 Å². The van der Waals surface area contributed by atoms with Crippen LogP contribution in [-0.4, -0.2) is 10.9 Å². The first kappa shape index (κ1) is 13.2. The molecule has 0 aliphatic rings. The number of ether oxygens (including phenoxy) is 1. The Kier molecular flexibility index (Phi) is 3.92. The molecule has 0 aromatic heterocycles. The molecule has 0 aliphatic carbocycles. The second kappa shape index (κ2) is 5.63. The van der Waals surface area contributed by atoms with Gasteiger partial charge in [0.25, 0.3) is 0 Å². The van der Waals surface area contributed by atoms with Crippen molar-refractivity contribution in [2.24, 2.45) is 5.73 Å². The molecule has 19 heavy (non-hydrogen) atoms. The molecule has 0 aliphatic heterocycles. The molecule has 0 spiro atoms. The highest BCUT2D eigenvalue weighted by molar-refractivity contribution is 6.34. The van der Waals surface area contributed by atoms with E-state index in [2.05, 4.69) is 0 Å². The van der Waals surface area contributed by atoms with Crippen molar-refractivity contribution in [2.75, 3.05) is 0 Å². The second-order valence-corrected chi connectivity index (χ2v) is 4.42. The number of aromatic hydroxyl groups is 1. The molecule has 0 saturated heterocycles. The van der Waals surface area contributed by atoms with Crippen molar-refractivity contribution < 1.29 is 9.84 Å². The number of rotatable bonds is 4. The van der Waals surface area contributed by atoms with Gasteiger partial charge in [0.1, 0.15) is 23.9 Å². The first-order valence-electron chi connectivity index (χ1n) is 5.61. The fraction of sp³-hybridized carbons (Fsp3) is 0.0714. The van der Waals surface area contributed by atoms with Gasteiger partial charge in [-0.2, -0.15) is 0 Å². The summed E-state index contributed by atoms with van der Waals surface area (Å²) in [4.78, 5) is 0. The zero-order valence-electron chi connectivity index (χ0n) is 10.1. The van der Waals surface area contributed by atoms with Crippen molar-refractivity contribution in [3.05, 3.63) is 58.6 Å². The number of hydrogen-bond donors (Lipinski definition) is 3. The number of halogens is 1. The van der Waals surface area contributed by atoms with E-state index in [1.165, 1.54) is 0 Å². The predicted octanol–water partition coefficient (Wildman–Crippen LogP) is 2.91. The Morgan fingerprint density at radius 1 is 1.21 bits per heavy atom. The standard InChI is InChI=1S/C14H13ClN2O2/c15-13-7-11(5-6-12(13)14(16)17)19-8-9-1-3-10(18)4-2-9/h1-7,18H,8H2,(H3,16,17). The van der Waals surface area contributed by atoms with Gasteiger partial charge in [0.05, 0.1) is 5.02 Å². The van der Waals surface area contributed by atoms with Crippen LogP contribution in [0.25, 0.3) is 0 Å². The summed E-state index contributed by atoms with van der Waals surface area (Å²) in [5, 5.41) is 16.9. The molecule has 98 valence electrons. The van der Waals surface area contributed by atoms with Crippen LogP contribution in [0.2, 0.25) is 5.02 Å². The van der Waals surface area contributed by atoms with Crippen molar-refractivity contribution in [3.8, 4) is 11.5 Å². The highest BCUT2D eigenvalue weighted by atomic mass is 35.5. The molecule has 0 saturated carbocycles. The number of phenolic OH excluding ortho intramolecular Hbond substituents is 1. The number of nitrogens with one attached hydrogen (secondary N) is 1. The van der Waals surface area contributed by atoms with Crippen molar-refractivity contribution in [3.63, 3.8) is 0 Å². The van der Waals surface area contributed by atoms with Gasteiger partial charge in [-0.25, -0.2) is 0 Å². The predicted molar refractivity (Wildman–Crippen MR) is 74.9 cm³/mol. The summed E-state index contributed by atoms with van der Waals surface area (Å²) in [6.07, 6.45) is 0. The lowest BCUT2D eigenvalue weighted by molar-refractivity contribution is 0.306. The number of amidine groups is 1. The van der Waals surface area contributed by atoms with Crippen LogP contribution in [0.5, 0.6) is 11.5 Å². The zero-order valence-corrected chi connectivity index (χ0v) is 10.8. The molecule has 0 radical (unpaired) electrons. The number of nitrogen functional groups attached to an aromatic ring is 1. The zero-order chi connectivity index (χ0) is 13.8. The third-order valence-corrected chi connectivity index (χ3v) is 2.89. The molecule has 0 amide bonds. The minimum atomic E-state index is -0.0740. The molecule has 0 heterocycles. The van der Waals surface area contributed by atoms with Crippen LogP contribution in [0.1, 0.15) is 11.1 Å². The molecule has 0 unspecified atom stereocenters. The van der Waals surface area contributed by atoms with Crippen LogP contribution >= 0.6 is 11.6 Å². The van der Waals surface area contributed by atoms with Gasteiger partial charge in [0, 0.05) is 5.56 Å². The van der Waals surface area contributed by atoms with Gasteiger partial charge in [0.2, 0.25) is 0 Å². The second-order valence-electron chi connectivity index (χ2n) is 4.01. The SMILES string of the molecule is N=C(N)c1ccc(OCc2ccc(O)cc2)cc1Cl. The van der Waals surface area contributed by atoms with Crippen LogP contribution < -0.4 is 10.5 Å². The monoisotopic (exact) mass is 276 g/mol. The van der Waals surface area contributed by atoms with Gasteiger partial charge in [-0.3, -0.25) is 5.41 Å². The van der Waals surface area contributed by atoms with E-state index in [-0.39, 0.29) is 11.6 Å². The van der Waals surface area contributed by atoms with Crippen LogP contribution in [0.15, 0.2) is 42.5 Å². The smallest absolute Gasteiger partial charge is 0.124 e. The first-order valence-corrected chi connectivity index (χ1v) is 5.98. The molecule has 5 heteroatoms. The van der Waals surface area contributed by atoms with Gasteiger partial charge in [-0.1, -0.05) is 23.7 Å². The van der Waals surface area contributed by atoms with Gasteiger partial charge < -0.3 is 15.6 Å². The summed E-state index contributed by atoms with van der Waals surface area (Å²) in [5.74, 6) is 0.746. The molecule has 2 aromatic rings. The fourth-order valence-corrected chi connectivity index (χ4v) is 1.84. The Balaban J connectivity index is 2.06. The molecule has 0 atom stereocenters. The maximum absolute atomic E-state index is 9.17. The fourth-order valence-electron chi connectivity index (χ4n) is 1.56. The van der Waals surface area contributed by atoms with E-state index in [4.69, 9.17) is 27.5 Å². The molecule has 0 bridgehead atoms. The lowest BCUT2D eigenvalue weighted by atomic mass is 10.2. The number of nitrogens with two attached hydrogens (primary N) is 1. The largest absolute Gasteiger partial charge is 0.508 e. The van der Waals surface area contributed by atoms with E-state index in [9.17, 15) is 5.11 Å². The van der Waals surface area contributed by atoms with Crippen molar-refractivity contribution in [2.45, 2.75) is 6.61 Å². The highest BCUT2D eigenvalue weighted by Gasteiger charge is 2.05. The summed E-state index contributed by atoms with van der Waals surface area (Å²) in [7, 11) is 0. The first-order chi connectivity index (χ1) is 9.06. The Morgan fingerprint density at radius 3 is 2.47 bits per heavy atom. The molecular formula is C14H13ClN2O2. The summed E-state index contributed by atoms with van der Waals surface area (Å²) < 4.78 is 5.57. The van der Waals surface area contributed by atoms with Crippen LogP contribution in [0.4, 0.5) is 0 Å². The van der Waals surface area contributed by atoms with Crippen molar-refractivity contribution in [1.82, 2.24) is 0 Å². The van der Waals surface area contributed by atoms with E-state index in [0.29, 0.717) is 22.9 Å². The van der Waals surface area contributed by atoms with Crippen molar-refractivity contribution >= 4 is 17.4 Å². The maximum Gasteiger partial charge on any atom is 0.124 e. The number of hydrogen-bond acceptors (Lipinski definition) is 3. The Bertz CT molecular complexity index is 597. The van der Waals surface area contributed by atoms with Crippen LogP contribution in [0.3, 0.4) is 0 Å². The minimum absolute atomic E-state index is 0.0740. The molecule has 2 rings (SSSR count). The van der Waals surface area contributed by atoms with Gasteiger partial charge >= 0.3 is 0 Å². The van der Waals surface area contributed by atoms with E-state index >= 15 is 0 Å². The Labute approximate surface area is 115 Å². The Hall–Kier alpha value is -2.20. The van der Waals surface area contributed by atoms with E-state index in [0.717, 1.165) is 5.56 Å². The molecule has 0 fully saturated rings. The van der Waals surface area contributed by atoms with Gasteiger partial charge in [-0.05, 0) is 35.9 Å². The summed E-state index contributed by atoms with van der Waals surface area (Å²) in [6, 6.07) is 11.7. The molecular weight excluding hydrogens is 264 g/mol. The number of benzene rings is 2. The third kappa shape index (κ3) is 3.39. The molecule has 2 aromatic carbocycles. The van der Waals surface area contributed by atoms with Gasteiger partial charge in [0.15, 0.2) is 0 Å². The van der Waals surface area contributed by atoms with E-state index in [1.54, 1.807) is 42.5 Å². The summed E-state index contributed by atoms with van der Waals surface area (Å²) >= 11 is 5.99. The van der Waals surface area contributed by atoms with Crippen LogP contribution in [-0.2, 0) is 6.61 Å². The highest BCUT2D eigenvalue weighted by Crippen LogP contribution is 2.23. The number of phenols is 1. The lowest BCUT2D eigenvalue weighted by Crippen LogP contribution is -2.11. The third-order valence-electron chi connectivity index (χ3n) is 2.57. The van der Waals surface area contributed by atoms with Crippen molar-refractivity contribution in [1.29, 1.82) is 5.41 Å². The van der Waals surface area contributed by atoms with E-state index in [1.807, 2.05) is 0 Å². The maximum atomic E-state index is 9.17. The summed E-state index contributed by atoms with van der Waals surface area (Å²) in [5.41, 5.74) is 6.80. The molecule has 4 nitrogen and oxygen atoms in total. The summed E-state index contributed by atoms with van der Waals surface area (Å²) in [6.45, 7) is 0.371. The Morgan fingerprint density at radius 2 is 1.89 bits per heavy atom. The average molecular weight is 277 g/mol. The molecule has 4 N–H and O–H groups in total. The van der Waals surface area contributed by atoms with E-state index < -0.39 is 0 Å². The lowest BCUT2D eigenvalue weighted by Gasteiger charge is -2.08. The average Bonchev–Trinajstić information content (AvgIpc) is 2.37. The minimum Gasteiger partial charge on any atom is -0.508 e. The normalized spacial score (nSPS) is 10.2. The van der Waals surface area contributed by atoms with Gasteiger partial charge in [-0.15, -0.1) is 0 Å². The van der Waals surface area contributed by atoms with Crippen LogP contribution in [0, 0.1) is 5.41 Å². The quantitative estimate of drug-likeness (QED) is 0.593.